The monoisotopic (exact) mass is 511 g/mol. The first-order valence-electron chi connectivity index (χ1n) is 13.7. The fourth-order valence-electron chi connectivity index (χ4n) is 7.79. The molecular formula is C33H39NP2. The SMILES string of the molecule is CC1CCCCC1N1[PH](c2ccccc2)(c2ccccc2)C(C)[PH]1(c1ccccc1)c1ccccc1. The van der Waals surface area contributed by atoms with Crippen LogP contribution in [0.5, 0.6) is 0 Å². The number of hydrogen-bond donors (Lipinski definition) is 0. The Morgan fingerprint density at radius 2 is 0.833 bits per heavy atom. The van der Waals surface area contributed by atoms with Crippen molar-refractivity contribution in [1.82, 2.24) is 4.44 Å². The van der Waals surface area contributed by atoms with Crippen LogP contribution in [0.2, 0.25) is 0 Å². The molecule has 1 nitrogen and oxygen atoms in total. The van der Waals surface area contributed by atoms with Gasteiger partial charge in [-0.2, -0.15) is 0 Å². The van der Waals surface area contributed by atoms with Crippen molar-refractivity contribution < 1.29 is 0 Å². The molecule has 4 aromatic rings. The third-order valence-corrected chi connectivity index (χ3v) is 23.4. The van der Waals surface area contributed by atoms with E-state index in [1.807, 2.05) is 0 Å². The van der Waals surface area contributed by atoms with Crippen LogP contribution in [-0.2, 0) is 0 Å². The number of hydrogen-bond acceptors (Lipinski definition) is 1. The van der Waals surface area contributed by atoms with Crippen molar-refractivity contribution >= 4 is 36.0 Å². The van der Waals surface area contributed by atoms with E-state index in [2.05, 4.69) is 140 Å². The van der Waals surface area contributed by atoms with Crippen molar-refractivity contribution in [2.24, 2.45) is 5.92 Å². The summed E-state index contributed by atoms with van der Waals surface area (Å²) in [6, 6.07) is 47.1. The second-order valence-corrected chi connectivity index (χ2v) is 20.0. The second-order valence-electron chi connectivity index (χ2n) is 10.9. The standard InChI is InChI=1S/C33H39NP2/c1-27-17-15-16-26-33(27)34-35(29-18-7-3-8-19-29,30-20-9-4-10-21-30)28(2)36(34,31-22-11-5-12-23-31)32-24-13-6-14-25-32/h3-14,18-25,27-28,33,35-36H,15-17,26H2,1-2H3. The molecule has 1 heterocycles. The van der Waals surface area contributed by atoms with E-state index in [9.17, 15) is 0 Å². The summed E-state index contributed by atoms with van der Waals surface area (Å²) in [4.78, 5) is 0. The third kappa shape index (κ3) is 3.48. The van der Waals surface area contributed by atoms with Crippen LogP contribution in [0.1, 0.15) is 39.5 Å². The van der Waals surface area contributed by atoms with E-state index in [1.54, 1.807) is 21.2 Å². The fraction of sp³-hybridized carbons (Fsp3) is 0.273. The van der Waals surface area contributed by atoms with E-state index in [0.29, 0.717) is 17.4 Å². The van der Waals surface area contributed by atoms with Crippen LogP contribution in [0.3, 0.4) is 0 Å². The molecular weight excluding hydrogens is 472 g/mol. The van der Waals surface area contributed by atoms with Gasteiger partial charge in [0.15, 0.2) is 0 Å². The molecule has 186 valence electrons. The van der Waals surface area contributed by atoms with E-state index in [0.717, 1.165) is 0 Å². The molecule has 2 atom stereocenters. The first kappa shape index (κ1) is 24.1. The molecule has 3 heteroatoms. The minimum absolute atomic E-state index is 0.605. The molecule has 36 heavy (non-hydrogen) atoms. The van der Waals surface area contributed by atoms with Crippen LogP contribution >= 0.6 is 14.8 Å². The molecule has 0 radical (unpaired) electrons. The Morgan fingerprint density at radius 1 is 0.500 bits per heavy atom. The summed E-state index contributed by atoms with van der Waals surface area (Å²) in [6.45, 7) is 5.17. The van der Waals surface area contributed by atoms with Gasteiger partial charge in [-0.25, -0.2) is 0 Å². The molecule has 2 aliphatic rings. The van der Waals surface area contributed by atoms with Crippen molar-refractivity contribution in [3.63, 3.8) is 0 Å². The topological polar surface area (TPSA) is 3.24 Å². The molecule has 2 unspecified atom stereocenters. The van der Waals surface area contributed by atoms with Gasteiger partial charge in [-0.1, -0.05) is 0 Å². The first-order chi connectivity index (χ1) is 17.7. The summed E-state index contributed by atoms with van der Waals surface area (Å²) in [7, 11) is -4.53. The van der Waals surface area contributed by atoms with Crippen molar-refractivity contribution in [3.05, 3.63) is 121 Å². The Morgan fingerprint density at radius 3 is 1.17 bits per heavy atom. The minimum atomic E-state index is -2.26. The molecule has 1 aliphatic carbocycles. The van der Waals surface area contributed by atoms with Crippen molar-refractivity contribution in [2.45, 2.75) is 51.0 Å². The maximum absolute atomic E-state index is 3.25. The van der Waals surface area contributed by atoms with Crippen LogP contribution in [0.4, 0.5) is 0 Å². The van der Waals surface area contributed by atoms with Gasteiger partial charge in [-0.05, 0) is 0 Å². The van der Waals surface area contributed by atoms with Crippen LogP contribution in [-0.4, -0.2) is 15.9 Å². The Labute approximate surface area is 218 Å². The Balaban J connectivity index is 1.70. The molecule has 0 aromatic heterocycles. The Bertz CT molecular complexity index is 1110. The average Bonchev–Trinajstić information content (AvgIpc) is 2.95. The predicted molar refractivity (Wildman–Crippen MR) is 164 cm³/mol. The molecule has 0 N–H and O–H groups in total. The van der Waals surface area contributed by atoms with E-state index in [1.165, 1.54) is 25.7 Å². The van der Waals surface area contributed by atoms with Gasteiger partial charge in [-0.15, -0.1) is 0 Å². The van der Waals surface area contributed by atoms with E-state index >= 15 is 0 Å². The molecule has 0 bridgehead atoms. The zero-order chi connectivity index (χ0) is 24.6. The maximum atomic E-state index is 3.25. The van der Waals surface area contributed by atoms with E-state index in [-0.39, 0.29) is 0 Å². The summed E-state index contributed by atoms with van der Waals surface area (Å²) in [6.07, 6.45) is 5.38. The normalized spacial score (nSPS) is 26.9. The van der Waals surface area contributed by atoms with Crippen LogP contribution in [0.25, 0.3) is 0 Å². The van der Waals surface area contributed by atoms with E-state index in [4.69, 9.17) is 0 Å². The van der Waals surface area contributed by atoms with Gasteiger partial charge in [0.05, 0.1) is 0 Å². The van der Waals surface area contributed by atoms with Gasteiger partial charge in [0, 0.05) is 0 Å². The second kappa shape index (κ2) is 9.87. The van der Waals surface area contributed by atoms with Crippen LogP contribution in [0.15, 0.2) is 121 Å². The summed E-state index contributed by atoms with van der Waals surface area (Å²) < 4.78 is 3.25. The molecule has 1 saturated heterocycles. The number of nitrogens with zero attached hydrogens (tertiary/aromatic N) is 1. The summed E-state index contributed by atoms with van der Waals surface area (Å²) in [5.74, 6) is 0.713. The Kier molecular flexibility index (Phi) is 6.60. The fourth-order valence-corrected chi connectivity index (χ4v) is 26.3. The van der Waals surface area contributed by atoms with Crippen molar-refractivity contribution in [3.8, 4) is 0 Å². The molecule has 2 fully saturated rings. The number of rotatable bonds is 5. The zero-order valence-corrected chi connectivity index (χ0v) is 23.6. The van der Waals surface area contributed by atoms with Gasteiger partial charge in [0.2, 0.25) is 0 Å². The first-order valence-corrected chi connectivity index (χ1v) is 17.8. The van der Waals surface area contributed by atoms with Crippen LogP contribution < -0.4 is 21.2 Å². The van der Waals surface area contributed by atoms with Crippen LogP contribution in [0, 0.1) is 5.92 Å². The Hall–Kier alpha value is -2.30. The predicted octanol–water partition coefficient (Wildman–Crippen LogP) is 6.86. The molecule has 0 spiro atoms. The van der Waals surface area contributed by atoms with Gasteiger partial charge in [-0.3, -0.25) is 0 Å². The summed E-state index contributed by atoms with van der Waals surface area (Å²) in [5, 5.41) is 6.93. The van der Waals surface area contributed by atoms with Gasteiger partial charge in [0.1, 0.15) is 0 Å². The molecule has 0 amide bonds. The van der Waals surface area contributed by atoms with Gasteiger partial charge < -0.3 is 0 Å². The quantitative estimate of drug-likeness (QED) is 0.265. The molecule has 6 rings (SSSR count). The number of benzene rings is 4. The van der Waals surface area contributed by atoms with E-state index < -0.39 is 14.8 Å². The molecule has 4 aromatic carbocycles. The van der Waals surface area contributed by atoms with Gasteiger partial charge in [0.25, 0.3) is 0 Å². The summed E-state index contributed by atoms with van der Waals surface area (Å²) >= 11 is 0. The average molecular weight is 512 g/mol. The van der Waals surface area contributed by atoms with Gasteiger partial charge >= 0.3 is 219 Å². The molecule has 1 aliphatic heterocycles. The zero-order valence-electron chi connectivity index (χ0n) is 21.6. The van der Waals surface area contributed by atoms with Crippen molar-refractivity contribution in [2.75, 3.05) is 0 Å². The molecule has 1 saturated carbocycles. The van der Waals surface area contributed by atoms with Crippen molar-refractivity contribution in [1.29, 1.82) is 0 Å². The third-order valence-electron chi connectivity index (χ3n) is 9.27. The summed E-state index contributed by atoms with van der Waals surface area (Å²) in [5.41, 5.74) is 0.